The highest BCUT2D eigenvalue weighted by Crippen LogP contribution is 2.20. The van der Waals surface area contributed by atoms with Crippen LogP contribution in [-0.4, -0.2) is 61.3 Å². The summed E-state index contributed by atoms with van der Waals surface area (Å²) in [6, 6.07) is 0. The Balaban J connectivity index is 0.000000396. The van der Waals surface area contributed by atoms with Crippen LogP contribution in [0, 0.1) is 0 Å². The highest BCUT2D eigenvalue weighted by molar-refractivity contribution is 7.86. The molecule has 0 aliphatic carbocycles. The molecule has 0 aromatic carbocycles. The first kappa shape index (κ1) is 19.5. The fraction of sp³-hybridized carbons (Fsp3) is 0.900. The van der Waals surface area contributed by atoms with Gasteiger partial charge in [0, 0.05) is 0 Å². The first-order valence-corrected chi connectivity index (χ1v) is 7.73. The highest BCUT2D eigenvalue weighted by Gasteiger charge is 2.36. The van der Waals surface area contributed by atoms with E-state index in [1.165, 1.54) is 36.8 Å². The Morgan fingerprint density at radius 3 is 2.10 bits per heavy atom. The van der Waals surface area contributed by atoms with E-state index in [0.29, 0.717) is 0 Å². The van der Waals surface area contributed by atoms with E-state index >= 15 is 0 Å². The molecule has 0 spiro atoms. The quantitative estimate of drug-likeness (QED) is 0.259. The molecule has 10 heteroatoms. The number of thiocarbonyl (C=S) groups is 1. The van der Waals surface area contributed by atoms with Crippen LogP contribution in [0.1, 0.15) is 19.3 Å². The zero-order valence-corrected chi connectivity index (χ0v) is 12.7. The number of isothiocyanates is 1. The van der Waals surface area contributed by atoms with E-state index in [9.17, 15) is 13.2 Å². The van der Waals surface area contributed by atoms with Crippen molar-refractivity contribution >= 4 is 27.5 Å². The van der Waals surface area contributed by atoms with Gasteiger partial charge in [0.1, 0.15) is 0 Å². The standard InChI is InChI=1S/C9H17N2S.CHF3O3S/c1-11(8-5-10-9-12)6-3-2-4-7-11;2-1(3,4)8(5,6)7/h2-8H2,1H3;(H,5,6,7)/q+1;/p-1. The molecule has 1 aliphatic heterocycles. The Bertz CT molecular complexity index is 439. The van der Waals surface area contributed by atoms with Crippen molar-refractivity contribution in [2.24, 2.45) is 4.99 Å². The number of rotatable bonds is 3. The van der Waals surface area contributed by atoms with E-state index in [1.54, 1.807) is 0 Å². The molecule has 0 saturated carbocycles. The van der Waals surface area contributed by atoms with Crippen molar-refractivity contribution in [3.8, 4) is 0 Å². The number of halogens is 3. The summed E-state index contributed by atoms with van der Waals surface area (Å²) in [4.78, 5) is 3.96. The monoisotopic (exact) mass is 334 g/mol. The number of piperidine rings is 1. The van der Waals surface area contributed by atoms with Crippen LogP contribution in [0.4, 0.5) is 13.2 Å². The van der Waals surface area contributed by atoms with Gasteiger partial charge in [-0.15, -0.1) is 0 Å². The van der Waals surface area contributed by atoms with Gasteiger partial charge >= 0.3 is 5.51 Å². The molecule has 0 radical (unpaired) electrons. The predicted molar refractivity (Wildman–Crippen MR) is 70.3 cm³/mol. The predicted octanol–water partition coefficient (Wildman–Crippen LogP) is 1.77. The van der Waals surface area contributed by atoms with Crippen molar-refractivity contribution < 1.29 is 30.6 Å². The van der Waals surface area contributed by atoms with Crippen LogP contribution in [0.5, 0.6) is 0 Å². The van der Waals surface area contributed by atoms with E-state index in [2.05, 4.69) is 29.4 Å². The number of nitrogens with zero attached hydrogens (tertiary/aromatic N) is 2. The second-order valence-corrected chi connectivity index (χ2v) is 6.28. The highest BCUT2D eigenvalue weighted by atomic mass is 32.2. The van der Waals surface area contributed by atoms with Gasteiger partial charge in [0.05, 0.1) is 38.4 Å². The maximum atomic E-state index is 10.7. The molecule has 0 atom stereocenters. The Morgan fingerprint density at radius 1 is 1.30 bits per heavy atom. The van der Waals surface area contributed by atoms with Gasteiger partial charge in [-0.25, -0.2) is 13.4 Å². The maximum absolute atomic E-state index is 10.7. The second kappa shape index (κ2) is 8.04. The summed E-state index contributed by atoms with van der Waals surface area (Å²) in [5, 5.41) is 2.42. The summed E-state index contributed by atoms with van der Waals surface area (Å²) >= 11 is 4.53. The molecular weight excluding hydrogens is 317 g/mol. The number of likely N-dealkylation sites (tertiary alicyclic amines) is 1. The first-order chi connectivity index (χ1) is 9.02. The minimum absolute atomic E-state index is 0.847. The largest absolute Gasteiger partial charge is 0.741 e. The zero-order valence-electron chi connectivity index (χ0n) is 11.0. The smallest absolute Gasteiger partial charge is 0.485 e. The van der Waals surface area contributed by atoms with Gasteiger partial charge in [0.15, 0.2) is 10.1 Å². The average Bonchev–Trinajstić information content (AvgIpc) is 2.28. The molecule has 0 amide bonds. The summed E-state index contributed by atoms with van der Waals surface area (Å²) in [5.74, 6) is 0. The van der Waals surface area contributed by atoms with Gasteiger partial charge in [0.2, 0.25) is 0 Å². The molecular formula is C10H17F3N2O3S2. The van der Waals surface area contributed by atoms with Crippen LogP contribution < -0.4 is 0 Å². The summed E-state index contributed by atoms with van der Waals surface area (Å²) in [7, 11) is -3.77. The number of quaternary nitrogens is 1. The fourth-order valence-electron chi connectivity index (χ4n) is 1.84. The summed E-state index contributed by atoms with van der Waals surface area (Å²) in [5.41, 5.74) is -5.65. The van der Waals surface area contributed by atoms with Gasteiger partial charge in [-0.3, -0.25) is 0 Å². The van der Waals surface area contributed by atoms with Crippen LogP contribution >= 0.6 is 12.2 Å². The van der Waals surface area contributed by atoms with Crippen LogP contribution in [-0.2, 0) is 10.1 Å². The van der Waals surface area contributed by atoms with Crippen LogP contribution in [0.15, 0.2) is 4.99 Å². The molecule has 0 aromatic rings. The molecule has 0 N–H and O–H groups in total. The zero-order chi connectivity index (χ0) is 15.9. The molecule has 118 valence electrons. The molecule has 5 nitrogen and oxygen atoms in total. The number of likely N-dealkylation sites (N-methyl/N-ethyl adjacent to an activating group) is 1. The lowest BCUT2D eigenvalue weighted by Crippen LogP contribution is -2.49. The number of hydrogen-bond acceptors (Lipinski definition) is 5. The molecule has 1 aliphatic rings. The second-order valence-electron chi connectivity index (χ2n) is 4.72. The third-order valence-electron chi connectivity index (χ3n) is 3.00. The van der Waals surface area contributed by atoms with E-state index in [-0.39, 0.29) is 0 Å². The Kier molecular flexibility index (Phi) is 7.82. The maximum Gasteiger partial charge on any atom is 0.485 e. The lowest BCUT2D eigenvalue weighted by Gasteiger charge is -2.37. The lowest BCUT2D eigenvalue weighted by atomic mass is 10.1. The summed E-state index contributed by atoms with van der Waals surface area (Å²) < 4.78 is 60.1. The van der Waals surface area contributed by atoms with Crippen molar-refractivity contribution in [1.82, 2.24) is 0 Å². The first-order valence-electron chi connectivity index (χ1n) is 5.91. The minimum atomic E-state index is -6.09. The molecule has 0 unspecified atom stereocenters. The average molecular weight is 334 g/mol. The Hall–Kier alpha value is -0.540. The minimum Gasteiger partial charge on any atom is -0.741 e. The summed E-state index contributed by atoms with van der Waals surface area (Å²) in [6.07, 6.45) is 4.15. The van der Waals surface area contributed by atoms with Crippen molar-refractivity contribution in [1.29, 1.82) is 0 Å². The van der Waals surface area contributed by atoms with Crippen LogP contribution in [0.2, 0.25) is 0 Å². The van der Waals surface area contributed by atoms with Gasteiger partial charge in [0.25, 0.3) is 0 Å². The van der Waals surface area contributed by atoms with Gasteiger partial charge < -0.3 is 9.04 Å². The summed E-state index contributed by atoms with van der Waals surface area (Å²) in [6.45, 7) is 4.60. The topological polar surface area (TPSA) is 69.6 Å². The molecule has 1 saturated heterocycles. The third-order valence-corrected chi connectivity index (χ3v) is 3.69. The molecule has 1 fully saturated rings. The molecule has 1 rings (SSSR count). The van der Waals surface area contributed by atoms with E-state index in [4.69, 9.17) is 13.0 Å². The van der Waals surface area contributed by atoms with Gasteiger partial charge in [-0.2, -0.15) is 13.2 Å². The van der Waals surface area contributed by atoms with Crippen molar-refractivity contribution in [2.45, 2.75) is 24.8 Å². The lowest BCUT2D eigenvalue weighted by molar-refractivity contribution is -0.912. The Labute approximate surface area is 121 Å². The van der Waals surface area contributed by atoms with Gasteiger partial charge in [-0.05, 0) is 31.5 Å². The molecule has 1 heterocycles. The third kappa shape index (κ3) is 7.91. The van der Waals surface area contributed by atoms with E-state index in [0.717, 1.165) is 13.1 Å². The number of alkyl halides is 3. The van der Waals surface area contributed by atoms with Crippen LogP contribution in [0.3, 0.4) is 0 Å². The normalized spacial score (nSPS) is 18.4. The SMILES string of the molecule is C[N+]1(CCN=C=S)CCCCC1.O=S(=O)([O-])C(F)(F)F. The van der Waals surface area contributed by atoms with Gasteiger partial charge in [-0.1, -0.05) is 0 Å². The molecule has 0 bridgehead atoms. The van der Waals surface area contributed by atoms with Crippen LogP contribution in [0.25, 0.3) is 0 Å². The Morgan fingerprint density at radius 2 is 1.75 bits per heavy atom. The molecule has 20 heavy (non-hydrogen) atoms. The van der Waals surface area contributed by atoms with Crippen molar-refractivity contribution in [3.63, 3.8) is 0 Å². The molecule has 0 aromatic heterocycles. The number of hydrogen-bond donors (Lipinski definition) is 0. The fourth-order valence-corrected chi connectivity index (χ4v) is 1.93. The number of aliphatic imine (C=N–C) groups is 1. The van der Waals surface area contributed by atoms with Crippen molar-refractivity contribution in [2.75, 3.05) is 33.2 Å². The van der Waals surface area contributed by atoms with Crippen molar-refractivity contribution in [3.05, 3.63) is 0 Å². The van der Waals surface area contributed by atoms with E-state index < -0.39 is 15.6 Å². The van der Waals surface area contributed by atoms with E-state index in [1.807, 2.05) is 0 Å².